The topological polar surface area (TPSA) is 0 Å². The first kappa shape index (κ1) is 9.09. The van der Waals surface area contributed by atoms with Gasteiger partial charge in [0.1, 0.15) is 0 Å². The van der Waals surface area contributed by atoms with Crippen molar-refractivity contribution in [2.24, 2.45) is 11.8 Å². The summed E-state index contributed by atoms with van der Waals surface area (Å²) in [6, 6.07) is 0. The third kappa shape index (κ3) is 2.84. The average molecular weight is 153 g/mol. The van der Waals surface area contributed by atoms with Crippen LogP contribution in [-0.2, 0) is 0 Å². The summed E-state index contributed by atoms with van der Waals surface area (Å²) in [5.41, 5.74) is 0. The summed E-state index contributed by atoms with van der Waals surface area (Å²) < 4.78 is 0. The van der Waals surface area contributed by atoms with Crippen LogP contribution in [0.25, 0.3) is 0 Å². The van der Waals surface area contributed by atoms with Gasteiger partial charge in [-0.1, -0.05) is 52.4 Å². The molecule has 65 valence electrons. The SMILES string of the molecule is [CH2]CC1CCCC(CCC)C1. The average Bonchev–Trinajstić information content (AvgIpc) is 2.06. The Kier molecular flexibility index (Phi) is 3.96. The maximum atomic E-state index is 4.00. The van der Waals surface area contributed by atoms with Crippen LogP contribution in [0.3, 0.4) is 0 Å². The van der Waals surface area contributed by atoms with Gasteiger partial charge in [-0.2, -0.15) is 0 Å². The minimum Gasteiger partial charge on any atom is -0.0654 e. The monoisotopic (exact) mass is 153 g/mol. The van der Waals surface area contributed by atoms with Gasteiger partial charge in [-0.25, -0.2) is 0 Å². The van der Waals surface area contributed by atoms with Gasteiger partial charge in [0.05, 0.1) is 0 Å². The Balaban J connectivity index is 2.21. The zero-order chi connectivity index (χ0) is 8.10. The molecular formula is C11H21. The highest BCUT2D eigenvalue weighted by molar-refractivity contribution is 4.73. The summed E-state index contributed by atoms with van der Waals surface area (Å²) in [5, 5.41) is 0. The van der Waals surface area contributed by atoms with E-state index in [1.54, 1.807) is 0 Å². The molecule has 0 bridgehead atoms. The van der Waals surface area contributed by atoms with Crippen LogP contribution < -0.4 is 0 Å². The summed E-state index contributed by atoms with van der Waals surface area (Å²) in [4.78, 5) is 0. The molecule has 1 saturated carbocycles. The zero-order valence-corrected chi connectivity index (χ0v) is 7.81. The van der Waals surface area contributed by atoms with Crippen LogP contribution in [0.5, 0.6) is 0 Å². The first-order valence-electron chi connectivity index (χ1n) is 5.16. The van der Waals surface area contributed by atoms with E-state index in [0.29, 0.717) is 0 Å². The van der Waals surface area contributed by atoms with Gasteiger partial charge >= 0.3 is 0 Å². The minimum absolute atomic E-state index is 0.959. The molecule has 0 N–H and O–H groups in total. The summed E-state index contributed by atoms with van der Waals surface area (Å²) in [5.74, 6) is 2.00. The van der Waals surface area contributed by atoms with Crippen molar-refractivity contribution >= 4 is 0 Å². The van der Waals surface area contributed by atoms with Gasteiger partial charge in [-0.05, 0) is 18.3 Å². The van der Waals surface area contributed by atoms with Crippen LogP contribution in [0.2, 0.25) is 0 Å². The molecule has 0 heteroatoms. The molecule has 1 aliphatic carbocycles. The van der Waals surface area contributed by atoms with E-state index in [1.807, 2.05) is 0 Å². The highest BCUT2D eigenvalue weighted by Crippen LogP contribution is 2.33. The Bertz CT molecular complexity index is 94.2. The van der Waals surface area contributed by atoms with Crippen molar-refractivity contribution < 1.29 is 0 Å². The molecule has 0 aromatic carbocycles. The van der Waals surface area contributed by atoms with Crippen molar-refractivity contribution in [3.8, 4) is 0 Å². The van der Waals surface area contributed by atoms with E-state index in [9.17, 15) is 0 Å². The fourth-order valence-electron chi connectivity index (χ4n) is 2.33. The first-order valence-corrected chi connectivity index (χ1v) is 5.16. The molecular weight excluding hydrogens is 132 g/mol. The molecule has 1 radical (unpaired) electrons. The predicted molar refractivity (Wildman–Crippen MR) is 50.3 cm³/mol. The van der Waals surface area contributed by atoms with E-state index in [1.165, 1.54) is 44.9 Å². The summed E-state index contributed by atoms with van der Waals surface area (Å²) >= 11 is 0. The van der Waals surface area contributed by atoms with Crippen LogP contribution in [-0.4, -0.2) is 0 Å². The van der Waals surface area contributed by atoms with Crippen molar-refractivity contribution in [3.05, 3.63) is 6.92 Å². The Morgan fingerprint density at radius 1 is 1.27 bits per heavy atom. The number of rotatable bonds is 3. The highest BCUT2D eigenvalue weighted by Gasteiger charge is 2.19. The fourth-order valence-corrected chi connectivity index (χ4v) is 2.33. The molecule has 1 aliphatic rings. The number of hydrogen-bond donors (Lipinski definition) is 0. The van der Waals surface area contributed by atoms with Gasteiger partial charge in [0.2, 0.25) is 0 Å². The predicted octanol–water partition coefficient (Wildman–Crippen LogP) is 3.82. The molecule has 2 atom stereocenters. The molecule has 1 fully saturated rings. The van der Waals surface area contributed by atoms with Gasteiger partial charge in [0.15, 0.2) is 0 Å². The lowest BCUT2D eigenvalue weighted by Crippen LogP contribution is -2.14. The van der Waals surface area contributed by atoms with Crippen molar-refractivity contribution in [1.82, 2.24) is 0 Å². The Morgan fingerprint density at radius 3 is 2.64 bits per heavy atom. The van der Waals surface area contributed by atoms with Crippen LogP contribution >= 0.6 is 0 Å². The van der Waals surface area contributed by atoms with Crippen LogP contribution in [0.1, 0.15) is 51.9 Å². The van der Waals surface area contributed by atoms with Crippen LogP contribution in [0, 0.1) is 18.8 Å². The molecule has 0 saturated heterocycles. The van der Waals surface area contributed by atoms with Gasteiger partial charge < -0.3 is 0 Å². The lowest BCUT2D eigenvalue weighted by atomic mass is 9.78. The third-order valence-corrected chi connectivity index (χ3v) is 3.00. The molecule has 0 amide bonds. The standard InChI is InChI=1S/C11H21/c1-3-6-11-8-5-7-10(4-2)9-11/h10-11H,2-9H2,1H3. The summed E-state index contributed by atoms with van der Waals surface area (Å²) in [7, 11) is 0. The Labute approximate surface area is 71.4 Å². The van der Waals surface area contributed by atoms with Gasteiger partial charge in [0.25, 0.3) is 0 Å². The summed E-state index contributed by atoms with van der Waals surface area (Å²) in [6.07, 6.45) is 9.86. The van der Waals surface area contributed by atoms with E-state index in [2.05, 4.69) is 13.8 Å². The van der Waals surface area contributed by atoms with E-state index < -0.39 is 0 Å². The lowest BCUT2D eigenvalue weighted by Gasteiger charge is -2.27. The van der Waals surface area contributed by atoms with Gasteiger partial charge in [0, 0.05) is 0 Å². The highest BCUT2D eigenvalue weighted by atomic mass is 14.2. The smallest absolute Gasteiger partial charge is 0.0412 e. The molecule has 0 nitrogen and oxygen atoms in total. The molecule has 0 spiro atoms. The lowest BCUT2D eigenvalue weighted by molar-refractivity contribution is 0.254. The normalized spacial score (nSPS) is 32.2. The second-order valence-electron chi connectivity index (χ2n) is 3.98. The molecule has 0 heterocycles. The van der Waals surface area contributed by atoms with E-state index >= 15 is 0 Å². The molecule has 0 aliphatic heterocycles. The largest absolute Gasteiger partial charge is 0.0654 e. The fraction of sp³-hybridized carbons (Fsp3) is 0.909. The first-order chi connectivity index (χ1) is 5.36. The van der Waals surface area contributed by atoms with Crippen LogP contribution in [0.15, 0.2) is 0 Å². The van der Waals surface area contributed by atoms with Crippen LogP contribution in [0.4, 0.5) is 0 Å². The van der Waals surface area contributed by atoms with Gasteiger partial charge in [-0.3, -0.25) is 0 Å². The maximum Gasteiger partial charge on any atom is -0.0412 e. The van der Waals surface area contributed by atoms with E-state index in [4.69, 9.17) is 0 Å². The number of hydrogen-bond acceptors (Lipinski definition) is 0. The van der Waals surface area contributed by atoms with Crippen molar-refractivity contribution in [3.63, 3.8) is 0 Å². The summed E-state index contributed by atoms with van der Waals surface area (Å²) in [6.45, 7) is 6.30. The molecule has 1 rings (SSSR count). The molecule has 2 unspecified atom stereocenters. The second kappa shape index (κ2) is 4.79. The minimum atomic E-state index is 0.959. The molecule has 0 aromatic rings. The van der Waals surface area contributed by atoms with E-state index in [-0.39, 0.29) is 0 Å². The molecule has 11 heavy (non-hydrogen) atoms. The second-order valence-corrected chi connectivity index (χ2v) is 3.98. The quantitative estimate of drug-likeness (QED) is 0.578. The molecule has 0 aromatic heterocycles. The third-order valence-electron chi connectivity index (χ3n) is 3.00. The Morgan fingerprint density at radius 2 is 2.00 bits per heavy atom. The van der Waals surface area contributed by atoms with Crippen molar-refractivity contribution in [2.45, 2.75) is 51.9 Å². The van der Waals surface area contributed by atoms with Crippen molar-refractivity contribution in [2.75, 3.05) is 0 Å². The van der Waals surface area contributed by atoms with E-state index in [0.717, 1.165) is 11.8 Å². The van der Waals surface area contributed by atoms with Crippen molar-refractivity contribution in [1.29, 1.82) is 0 Å². The van der Waals surface area contributed by atoms with Gasteiger partial charge in [-0.15, -0.1) is 0 Å². The maximum absolute atomic E-state index is 4.00. The zero-order valence-electron chi connectivity index (χ0n) is 7.81. The Hall–Kier alpha value is 0.